The smallest absolute Gasteiger partial charge is 0.243 e. The van der Waals surface area contributed by atoms with Crippen LogP contribution in [-0.2, 0) is 24.7 Å². The molecule has 0 aliphatic carbocycles. The molecule has 1 aliphatic rings. The molecule has 9 heteroatoms. The highest BCUT2D eigenvalue weighted by atomic mass is 32.2. The van der Waals surface area contributed by atoms with Gasteiger partial charge in [-0.3, -0.25) is 4.79 Å². The highest BCUT2D eigenvalue weighted by Crippen LogP contribution is 2.27. The van der Waals surface area contributed by atoms with Crippen molar-refractivity contribution in [2.45, 2.75) is 43.8 Å². The van der Waals surface area contributed by atoms with Gasteiger partial charge in [0.1, 0.15) is 5.75 Å². The fourth-order valence-electron chi connectivity index (χ4n) is 3.16. The molecule has 1 saturated heterocycles. The lowest BCUT2D eigenvalue weighted by molar-refractivity contribution is -0.118. The zero-order valence-electron chi connectivity index (χ0n) is 15.6. The number of amides is 1. The molecule has 0 radical (unpaired) electrons. The topological polar surface area (TPSA) is 101 Å². The Labute approximate surface area is 155 Å². The first-order valence-electron chi connectivity index (χ1n) is 8.49. The van der Waals surface area contributed by atoms with Crippen molar-refractivity contribution in [3.8, 4) is 0 Å². The van der Waals surface area contributed by atoms with Gasteiger partial charge in [-0.25, -0.2) is 16.8 Å². The molecule has 1 N–H and O–H groups in total. The molecule has 0 bridgehead atoms. The molecule has 1 heterocycles. The van der Waals surface area contributed by atoms with E-state index in [0.29, 0.717) is 5.56 Å². The molecule has 1 aromatic rings. The first-order valence-corrected chi connectivity index (χ1v) is 11.6. The van der Waals surface area contributed by atoms with Crippen LogP contribution in [0.1, 0.15) is 29.5 Å². The Morgan fingerprint density at radius 1 is 1.04 bits per heavy atom. The van der Waals surface area contributed by atoms with Crippen LogP contribution in [-0.4, -0.2) is 58.2 Å². The molecule has 2 rings (SSSR count). The van der Waals surface area contributed by atoms with Crippen molar-refractivity contribution in [2.75, 3.05) is 25.9 Å². The van der Waals surface area contributed by atoms with E-state index in [1.165, 1.54) is 11.4 Å². The number of rotatable bonds is 5. The van der Waals surface area contributed by atoms with Gasteiger partial charge in [0, 0.05) is 20.1 Å². The number of piperidine rings is 1. The number of aryl methyl sites for hydroxylation is 3. The molecule has 0 aromatic heterocycles. The number of benzene rings is 1. The normalized spacial score (nSPS) is 17.2. The number of hydrogen-bond acceptors (Lipinski definition) is 5. The second-order valence-electron chi connectivity index (χ2n) is 6.79. The third kappa shape index (κ3) is 4.27. The highest BCUT2D eigenvalue weighted by Gasteiger charge is 2.36. The van der Waals surface area contributed by atoms with Crippen molar-refractivity contribution in [1.29, 1.82) is 0 Å². The summed E-state index contributed by atoms with van der Waals surface area (Å²) in [6.07, 6.45) is 0.394. The molecule has 26 heavy (non-hydrogen) atoms. The Morgan fingerprint density at radius 3 is 2.12 bits per heavy atom. The van der Waals surface area contributed by atoms with E-state index in [0.717, 1.165) is 11.1 Å². The second-order valence-corrected chi connectivity index (χ2v) is 11.0. The Kier molecular flexibility index (Phi) is 6.14. The molecular weight excluding hydrogens is 376 g/mol. The maximum Gasteiger partial charge on any atom is 0.243 e. The van der Waals surface area contributed by atoms with Crippen LogP contribution >= 0.6 is 0 Å². The Balaban J connectivity index is 2.17. The van der Waals surface area contributed by atoms with Crippen LogP contribution in [0.3, 0.4) is 0 Å². The Morgan fingerprint density at radius 2 is 1.58 bits per heavy atom. The summed E-state index contributed by atoms with van der Waals surface area (Å²) in [5, 5.41) is 1.62. The summed E-state index contributed by atoms with van der Waals surface area (Å²) in [4.78, 5) is 11.6. The van der Waals surface area contributed by atoms with Gasteiger partial charge < -0.3 is 5.32 Å². The summed E-state index contributed by atoms with van der Waals surface area (Å²) < 4.78 is 51.8. The molecule has 1 aromatic carbocycles. The number of nitrogens with zero attached hydrogens (tertiary/aromatic N) is 1. The minimum atomic E-state index is -3.67. The van der Waals surface area contributed by atoms with Gasteiger partial charge in [0.2, 0.25) is 15.9 Å². The zero-order chi connectivity index (χ0) is 19.7. The zero-order valence-corrected chi connectivity index (χ0v) is 17.2. The van der Waals surface area contributed by atoms with Crippen LogP contribution < -0.4 is 5.32 Å². The number of hydrogen-bond donors (Lipinski definition) is 1. The third-order valence-electron chi connectivity index (χ3n) is 4.93. The second kappa shape index (κ2) is 7.66. The van der Waals surface area contributed by atoms with Gasteiger partial charge in [-0.15, -0.1) is 0 Å². The lowest BCUT2D eigenvalue weighted by Gasteiger charge is -2.31. The minimum absolute atomic E-state index is 0.131. The Hall–Kier alpha value is -1.45. The van der Waals surface area contributed by atoms with Crippen molar-refractivity contribution in [3.63, 3.8) is 0 Å². The molecule has 1 aliphatic heterocycles. The van der Waals surface area contributed by atoms with Crippen molar-refractivity contribution >= 4 is 25.8 Å². The van der Waals surface area contributed by atoms with Gasteiger partial charge in [0.15, 0.2) is 9.84 Å². The van der Waals surface area contributed by atoms with E-state index >= 15 is 0 Å². The van der Waals surface area contributed by atoms with Crippen molar-refractivity contribution in [3.05, 3.63) is 28.8 Å². The summed E-state index contributed by atoms with van der Waals surface area (Å²) in [6.45, 7) is 5.82. The lowest BCUT2D eigenvalue weighted by atomic mass is 10.1. The van der Waals surface area contributed by atoms with E-state index in [9.17, 15) is 21.6 Å². The average Bonchev–Trinajstić information content (AvgIpc) is 2.57. The maximum absolute atomic E-state index is 13.0. The van der Waals surface area contributed by atoms with Gasteiger partial charge in [-0.1, -0.05) is 6.07 Å². The number of carbonyl (C=O) groups is 1. The molecular formula is C17H26N2O5S2. The van der Waals surface area contributed by atoms with Crippen molar-refractivity contribution in [2.24, 2.45) is 0 Å². The van der Waals surface area contributed by atoms with Crippen LogP contribution in [0.15, 0.2) is 17.0 Å². The third-order valence-corrected chi connectivity index (χ3v) is 9.12. The van der Waals surface area contributed by atoms with E-state index in [1.54, 1.807) is 13.0 Å². The van der Waals surface area contributed by atoms with E-state index in [4.69, 9.17) is 0 Å². The van der Waals surface area contributed by atoms with Gasteiger partial charge in [-0.2, -0.15) is 4.31 Å². The van der Waals surface area contributed by atoms with E-state index in [-0.39, 0.29) is 30.8 Å². The monoisotopic (exact) mass is 402 g/mol. The summed E-state index contributed by atoms with van der Waals surface area (Å²) in [5.41, 5.74) is 2.61. The standard InChI is InChI=1S/C17H26N2O5S2/c1-12-9-14(3)16(10-13(12)2)26(23,24)19-7-5-15(6-8-19)25(21,22)11-17(20)18-4/h9-10,15H,5-8,11H2,1-4H3,(H,18,20). The van der Waals surface area contributed by atoms with Crippen LogP contribution in [0.25, 0.3) is 0 Å². The van der Waals surface area contributed by atoms with Gasteiger partial charge in [-0.05, 0) is 56.4 Å². The van der Waals surface area contributed by atoms with Crippen LogP contribution in [0.2, 0.25) is 0 Å². The van der Waals surface area contributed by atoms with Gasteiger partial charge in [0.25, 0.3) is 0 Å². The molecule has 0 unspecified atom stereocenters. The number of carbonyl (C=O) groups excluding carboxylic acids is 1. The number of nitrogens with one attached hydrogen (secondary N) is 1. The van der Waals surface area contributed by atoms with E-state index < -0.39 is 36.8 Å². The number of sulfonamides is 1. The predicted molar refractivity (Wildman–Crippen MR) is 100 cm³/mol. The van der Waals surface area contributed by atoms with E-state index in [1.807, 2.05) is 19.9 Å². The number of sulfone groups is 1. The van der Waals surface area contributed by atoms with Crippen molar-refractivity contribution in [1.82, 2.24) is 9.62 Å². The maximum atomic E-state index is 13.0. The molecule has 146 valence electrons. The van der Waals surface area contributed by atoms with Crippen molar-refractivity contribution < 1.29 is 21.6 Å². The fraction of sp³-hybridized carbons (Fsp3) is 0.588. The SMILES string of the molecule is CNC(=O)CS(=O)(=O)C1CCN(S(=O)(=O)c2cc(C)c(C)cc2C)CC1. The minimum Gasteiger partial charge on any atom is -0.358 e. The molecule has 7 nitrogen and oxygen atoms in total. The van der Waals surface area contributed by atoms with Gasteiger partial charge in [0.05, 0.1) is 10.1 Å². The summed E-state index contributed by atoms with van der Waals surface area (Å²) >= 11 is 0. The summed E-state index contributed by atoms with van der Waals surface area (Å²) in [7, 11) is -5.86. The molecule has 0 saturated carbocycles. The molecule has 1 fully saturated rings. The quantitative estimate of drug-likeness (QED) is 0.789. The average molecular weight is 403 g/mol. The molecule has 0 spiro atoms. The van der Waals surface area contributed by atoms with E-state index in [2.05, 4.69) is 5.32 Å². The van der Waals surface area contributed by atoms with Crippen LogP contribution in [0, 0.1) is 20.8 Å². The first-order chi connectivity index (χ1) is 12.0. The Bertz CT molecular complexity index is 899. The summed E-state index contributed by atoms with van der Waals surface area (Å²) in [6, 6.07) is 3.53. The summed E-state index contributed by atoms with van der Waals surface area (Å²) in [5.74, 6) is -1.11. The first kappa shape index (κ1) is 20.9. The largest absolute Gasteiger partial charge is 0.358 e. The van der Waals surface area contributed by atoms with Gasteiger partial charge >= 0.3 is 0 Å². The molecule has 0 atom stereocenters. The predicted octanol–water partition coefficient (Wildman–Crippen LogP) is 0.926. The van der Waals surface area contributed by atoms with Crippen LogP contribution in [0.5, 0.6) is 0 Å². The lowest BCUT2D eigenvalue weighted by Crippen LogP contribution is -2.44. The fourth-order valence-corrected chi connectivity index (χ4v) is 6.59. The van der Waals surface area contributed by atoms with Crippen LogP contribution in [0.4, 0.5) is 0 Å². The highest BCUT2D eigenvalue weighted by molar-refractivity contribution is 7.92. The molecule has 1 amide bonds.